The molecule has 0 atom stereocenters. The smallest absolute Gasteiger partial charge is 0.434 e. The molecule has 2 rings (SSSR count). The van der Waals surface area contributed by atoms with E-state index in [4.69, 9.17) is 16.3 Å². The zero-order valence-corrected chi connectivity index (χ0v) is 12.1. The Balaban J connectivity index is 2.35. The minimum Gasteiger partial charge on any atom is -0.434 e. The average Bonchev–Trinajstić information content (AvgIpc) is 2.42. The molecule has 0 N–H and O–H groups in total. The first-order valence-electron chi connectivity index (χ1n) is 5.82. The van der Waals surface area contributed by atoms with Crippen LogP contribution in [0.5, 0.6) is 5.75 Å². The van der Waals surface area contributed by atoms with Crippen molar-refractivity contribution in [3.63, 3.8) is 0 Å². The summed E-state index contributed by atoms with van der Waals surface area (Å²) in [7, 11) is -2.25. The highest BCUT2D eigenvalue weighted by molar-refractivity contribution is 7.73. The van der Waals surface area contributed by atoms with Crippen LogP contribution < -0.4 is 4.74 Å². The lowest BCUT2D eigenvalue weighted by Gasteiger charge is -2.14. The molecule has 1 aromatic carbocycles. The van der Waals surface area contributed by atoms with Crippen LogP contribution in [0.4, 0.5) is 4.79 Å². The highest BCUT2D eigenvalue weighted by Crippen LogP contribution is 2.34. The van der Waals surface area contributed by atoms with Gasteiger partial charge in [-0.3, -0.25) is 0 Å². The largest absolute Gasteiger partial charge is 0.513 e. The summed E-state index contributed by atoms with van der Waals surface area (Å²) >= 11 is 6.15. The lowest BCUT2D eigenvalue weighted by Crippen LogP contribution is -2.12. The van der Waals surface area contributed by atoms with Gasteiger partial charge in [-0.15, -0.1) is 0 Å². The van der Waals surface area contributed by atoms with Crippen molar-refractivity contribution in [2.45, 2.75) is 13.3 Å². The molecule has 106 valence electrons. The van der Waals surface area contributed by atoms with E-state index in [1.807, 2.05) is 0 Å². The van der Waals surface area contributed by atoms with Crippen molar-refractivity contribution in [3.05, 3.63) is 34.4 Å². The van der Waals surface area contributed by atoms with E-state index in [2.05, 4.69) is 4.74 Å². The van der Waals surface area contributed by atoms with Crippen LogP contribution in [0.15, 0.2) is 18.2 Å². The molecule has 0 spiro atoms. The van der Waals surface area contributed by atoms with Gasteiger partial charge in [-0.1, -0.05) is 23.7 Å². The lowest BCUT2D eigenvalue weighted by atomic mass is 9.97. The molecule has 0 saturated heterocycles. The third-order valence-corrected chi connectivity index (χ3v) is 3.80. The molecule has 0 amide bonds. The summed E-state index contributed by atoms with van der Waals surface area (Å²) in [5.74, 6) is 0.181. The van der Waals surface area contributed by atoms with Gasteiger partial charge in [0, 0.05) is 12.0 Å². The van der Waals surface area contributed by atoms with Crippen molar-refractivity contribution in [2.75, 3.05) is 6.61 Å². The first-order chi connectivity index (χ1) is 9.52. The summed E-state index contributed by atoms with van der Waals surface area (Å²) in [5, 5.41) is 0.252. The molecule has 0 bridgehead atoms. The summed E-state index contributed by atoms with van der Waals surface area (Å²) in [6.07, 6.45) is 2.50. The fraction of sp³-hybridized carbons (Fsp3) is 0.231. The summed E-state index contributed by atoms with van der Waals surface area (Å²) in [6.45, 7) is 1.87. The Bertz CT molecular complexity index is 711. The number of hydrogen-bond acceptors (Lipinski definition) is 5. The number of rotatable bonds is 2. The van der Waals surface area contributed by atoms with Crippen molar-refractivity contribution in [1.82, 2.24) is 0 Å². The van der Waals surface area contributed by atoms with E-state index in [1.165, 1.54) is 12.1 Å². The van der Waals surface area contributed by atoms with E-state index in [-0.39, 0.29) is 28.7 Å². The van der Waals surface area contributed by atoms with Gasteiger partial charge in [0.2, 0.25) is 10.3 Å². The molecule has 7 heteroatoms. The molecule has 0 unspecified atom stereocenters. The Morgan fingerprint density at radius 3 is 2.75 bits per heavy atom. The van der Waals surface area contributed by atoms with Gasteiger partial charge in [0.15, 0.2) is 5.75 Å². The average molecular weight is 315 g/mol. The van der Waals surface area contributed by atoms with Crippen LogP contribution in [0.25, 0.3) is 6.08 Å². The van der Waals surface area contributed by atoms with Gasteiger partial charge in [0.1, 0.15) is 0 Å². The summed E-state index contributed by atoms with van der Waals surface area (Å²) in [6, 6.07) is 3.19. The minimum absolute atomic E-state index is 0.181. The molecular weight excluding hydrogens is 304 g/mol. The predicted octanol–water partition coefficient (Wildman–Crippen LogP) is 2.50. The molecule has 20 heavy (non-hydrogen) atoms. The fourth-order valence-electron chi connectivity index (χ4n) is 1.80. The number of halogens is 1. The van der Waals surface area contributed by atoms with Crippen LogP contribution in [0, 0.1) is 0 Å². The number of fused-ring (bicyclic) bond motifs is 1. The first kappa shape index (κ1) is 14.6. The summed E-state index contributed by atoms with van der Waals surface area (Å²) in [5.41, 5.74) is 1.40. The Kier molecular flexibility index (Phi) is 4.46. The zero-order valence-electron chi connectivity index (χ0n) is 10.6. The van der Waals surface area contributed by atoms with E-state index in [1.54, 1.807) is 19.1 Å². The van der Waals surface area contributed by atoms with Gasteiger partial charge in [-0.25, -0.2) is 4.79 Å². The number of benzene rings is 1. The highest BCUT2D eigenvalue weighted by atomic mass is 35.5. The quantitative estimate of drug-likeness (QED) is 0.476. The monoisotopic (exact) mass is 314 g/mol. The van der Waals surface area contributed by atoms with Crippen LogP contribution in [0.2, 0.25) is 5.02 Å². The first-order valence-corrected chi connectivity index (χ1v) is 7.27. The molecule has 0 aromatic heterocycles. The summed E-state index contributed by atoms with van der Waals surface area (Å²) in [4.78, 5) is 11.6. The molecule has 0 aliphatic heterocycles. The Labute approximate surface area is 122 Å². The molecule has 1 aliphatic carbocycles. The van der Waals surface area contributed by atoms with Crippen LogP contribution in [-0.4, -0.2) is 26.0 Å². The predicted molar refractivity (Wildman–Crippen MR) is 75.8 cm³/mol. The topological polar surface area (TPSA) is 69.7 Å². The maximum absolute atomic E-state index is 11.3. The van der Waals surface area contributed by atoms with Gasteiger partial charge in [-0.05, 0) is 24.6 Å². The molecule has 0 saturated carbocycles. The van der Waals surface area contributed by atoms with Crippen molar-refractivity contribution in [2.24, 2.45) is 0 Å². The zero-order chi connectivity index (χ0) is 14.7. The van der Waals surface area contributed by atoms with E-state index < -0.39 is 16.4 Å². The maximum Gasteiger partial charge on any atom is 0.513 e. The standard InChI is InChI=1S/C13H11ClO5S/c1-2-18-13(15)19-11-6-3-8-7-9(20(16)17)4-5-10(8)12(11)14/h3-6H,2,7H2,1H3. The Morgan fingerprint density at radius 2 is 2.10 bits per heavy atom. The van der Waals surface area contributed by atoms with E-state index >= 15 is 0 Å². The minimum atomic E-state index is -2.25. The van der Waals surface area contributed by atoms with Crippen LogP contribution in [-0.2, 0) is 21.5 Å². The number of hydrogen-bond donors (Lipinski definition) is 0. The second kappa shape index (κ2) is 6.11. The number of carbonyl (C=O) groups is 1. The van der Waals surface area contributed by atoms with E-state index in [0.29, 0.717) is 5.56 Å². The number of allylic oxidation sites excluding steroid dienone is 1. The van der Waals surface area contributed by atoms with E-state index in [9.17, 15) is 13.2 Å². The fourth-order valence-corrected chi connectivity index (χ4v) is 2.54. The molecule has 0 heterocycles. The second-order valence-electron chi connectivity index (χ2n) is 3.95. The van der Waals surface area contributed by atoms with E-state index in [0.717, 1.165) is 5.56 Å². The molecule has 0 fully saturated rings. The van der Waals surface area contributed by atoms with Crippen LogP contribution >= 0.6 is 11.6 Å². The van der Waals surface area contributed by atoms with Gasteiger partial charge in [0.05, 0.1) is 16.5 Å². The highest BCUT2D eigenvalue weighted by Gasteiger charge is 2.18. The summed E-state index contributed by atoms with van der Waals surface area (Å²) < 4.78 is 31.5. The second-order valence-corrected chi connectivity index (χ2v) is 5.32. The van der Waals surface area contributed by atoms with Gasteiger partial charge in [0.25, 0.3) is 0 Å². The van der Waals surface area contributed by atoms with Gasteiger partial charge >= 0.3 is 6.16 Å². The molecule has 1 aromatic rings. The van der Waals surface area contributed by atoms with Crippen molar-refractivity contribution in [1.29, 1.82) is 0 Å². The Hall–Kier alpha value is -1.79. The molecule has 5 nitrogen and oxygen atoms in total. The van der Waals surface area contributed by atoms with Gasteiger partial charge in [-0.2, -0.15) is 8.42 Å². The van der Waals surface area contributed by atoms with Gasteiger partial charge < -0.3 is 9.47 Å². The molecular formula is C13H11ClO5S. The number of carbonyl (C=O) groups excluding carboxylic acids is 1. The van der Waals surface area contributed by atoms with Crippen LogP contribution in [0.1, 0.15) is 18.1 Å². The van der Waals surface area contributed by atoms with Crippen molar-refractivity contribution >= 4 is 39.0 Å². The molecule has 0 radical (unpaired) electrons. The lowest BCUT2D eigenvalue weighted by molar-refractivity contribution is 0.104. The maximum atomic E-state index is 11.3. The number of ether oxygens (including phenoxy) is 2. The normalized spacial score (nSPS) is 12.8. The Morgan fingerprint density at radius 1 is 1.35 bits per heavy atom. The SMILES string of the molecule is CCOC(=O)Oc1ccc2c(c1Cl)C=CC(=S(=O)=O)C2. The van der Waals surface area contributed by atoms with Crippen LogP contribution in [0.3, 0.4) is 0 Å². The van der Waals surface area contributed by atoms with Crippen molar-refractivity contribution in [3.8, 4) is 5.75 Å². The third kappa shape index (κ3) is 3.02. The molecule has 1 aliphatic rings. The third-order valence-electron chi connectivity index (χ3n) is 2.70. The van der Waals surface area contributed by atoms with Crippen molar-refractivity contribution < 1.29 is 22.7 Å².